The van der Waals surface area contributed by atoms with Gasteiger partial charge in [-0.05, 0) is 38.8 Å². The van der Waals surface area contributed by atoms with Crippen LogP contribution in [0, 0.1) is 18.3 Å². The molecular formula is C22H28N4O4S2. The third-order valence-corrected chi connectivity index (χ3v) is 6.87. The topological polar surface area (TPSA) is 87.8 Å². The van der Waals surface area contributed by atoms with E-state index in [1.807, 2.05) is 13.8 Å². The molecule has 1 amide bonds. The first-order valence-corrected chi connectivity index (χ1v) is 12.0. The van der Waals surface area contributed by atoms with Gasteiger partial charge in [-0.1, -0.05) is 24.0 Å². The fraction of sp³-hybridized carbons (Fsp3) is 0.545. The molecule has 0 atom stereocenters. The van der Waals surface area contributed by atoms with Crippen molar-refractivity contribution < 1.29 is 14.3 Å². The number of thioether (sulfide) groups is 1. The van der Waals surface area contributed by atoms with E-state index in [1.54, 1.807) is 22.5 Å². The second-order valence-corrected chi connectivity index (χ2v) is 9.06. The van der Waals surface area contributed by atoms with Crippen LogP contribution in [0.25, 0.3) is 6.08 Å². The molecule has 1 aromatic heterocycles. The van der Waals surface area contributed by atoms with Crippen LogP contribution in [0.1, 0.15) is 37.0 Å². The lowest BCUT2D eigenvalue weighted by atomic mass is 10.0. The Morgan fingerprint density at radius 2 is 2.00 bits per heavy atom. The minimum atomic E-state index is -0.311. The molecule has 0 bridgehead atoms. The van der Waals surface area contributed by atoms with E-state index in [-0.39, 0.29) is 17.0 Å². The summed E-state index contributed by atoms with van der Waals surface area (Å²) in [5.74, 6) is 0.565. The van der Waals surface area contributed by atoms with Gasteiger partial charge in [-0.2, -0.15) is 5.26 Å². The van der Waals surface area contributed by atoms with E-state index in [2.05, 4.69) is 11.0 Å². The number of nitriles is 1. The van der Waals surface area contributed by atoms with E-state index in [0.29, 0.717) is 79.4 Å². The Hall–Kier alpha value is -2.19. The van der Waals surface area contributed by atoms with Gasteiger partial charge in [0.2, 0.25) is 0 Å². The molecule has 0 radical (unpaired) electrons. The lowest BCUT2D eigenvalue weighted by Crippen LogP contribution is -2.41. The van der Waals surface area contributed by atoms with Gasteiger partial charge in [0, 0.05) is 45.0 Å². The Kier molecular flexibility index (Phi) is 8.48. The summed E-state index contributed by atoms with van der Waals surface area (Å²) in [6.45, 7) is 10.1. The Morgan fingerprint density at radius 3 is 2.62 bits per heavy atom. The number of aromatic nitrogens is 1. The molecule has 3 rings (SSSR count). The number of carbonyl (C=O) groups is 1. The van der Waals surface area contributed by atoms with Crippen molar-refractivity contribution in [1.82, 2.24) is 9.47 Å². The van der Waals surface area contributed by atoms with Gasteiger partial charge >= 0.3 is 0 Å². The van der Waals surface area contributed by atoms with Crippen LogP contribution < -0.4 is 10.5 Å². The van der Waals surface area contributed by atoms with Gasteiger partial charge in [0.25, 0.3) is 11.5 Å². The van der Waals surface area contributed by atoms with Crippen molar-refractivity contribution in [2.45, 2.75) is 33.7 Å². The molecule has 0 aromatic carbocycles. The first-order chi connectivity index (χ1) is 15.4. The summed E-state index contributed by atoms with van der Waals surface area (Å²) in [6.07, 6.45) is 2.49. The first kappa shape index (κ1) is 24.5. The normalized spacial score (nSPS) is 18.0. The van der Waals surface area contributed by atoms with Crippen molar-refractivity contribution in [3.05, 3.63) is 31.9 Å². The fourth-order valence-corrected chi connectivity index (χ4v) is 5.14. The highest BCUT2D eigenvalue weighted by atomic mass is 32.2. The quantitative estimate of drug-likeness (QED) is 0.321. The molecular weight excluding hydrogens is 448 g/mol. The maximum Gasteiger partial charge on any atom is 0.270 e. The number of anilines is 1. The van der Waals surface area contributed by atoms with Crippen molar-refractivity contribution in [3.8, 4) is 6.07 Å². The molecule has 2 aliphatic heterocycles. The predicted octanol–water partition coefficient (Wildman–Crippen LogP) is 2.51. The summed E-state index contributed by atoms with van der Waals surface area (Å²) < 4.78 is 13.0. The minimum absolute atomic E-state index is 0.0994. The average molecular weight is 477 g/mol. The third-order valence-electron chi connectivity index (χ3n) is 5.50. The monoisotopic (exact) mass is 476 g/mol. The molecule has 1 aromatic rings. The molecule has 2 fully saturated rings. The van der Waals surface area contributed by atoms with Crippen LogP contribution in [0.2, 0.25) is 0 Å². The Balaban J connectivity index is 2.06. The maximum atomic E-state index is 13.1. The Morgan fingerprint density at radius 1 is 1.28 bits per heavy atom. The smallest absolute Gasteiger partial charge is 0.270 e. The van der Waals surface area contributed by atoms with E-state index >= 15 is 0 Å². The second kappa shape index (κ2) is 11.1. The highest BCUT2D eigenvalue weighted by Crippen LogP contribution is 2.36. The molecule has 0 aliphatic carbocycles. The van der Waals surface area contributed by atoms with Crippen molar-refractivity contribution in [2.24, 2.45) is 0 Å². The number of carbonyl (C=O) groups excluding carboxylic acids is 1. The SMILES string of the molecule is CCOCCCN1C(=O)/C(=C/c2c(C)c(C#N)c(=O)n(CC)c2N2CCOCC2)SC1=S. The van der Waals surface area contributed by atoms with Gasteiger partial charge < -0.3 is 14.4 Å². The van der Waals surface area contributed by atoms with Gasteiger partial charge in [-0.25, -0.2) is 0 Å². The molecule has 0 N–H and O–H groups in total. The van der Waals surface area contributed by atoms with Crippen LogP contribution >= 0.6 is 24.0 Å². The molecule has 10 heteroatoms. The number of pyridine rings is 1. The number of morpholine rings is 1. The molecule has 2 saturated heterocycles. The summed E-state index contributed by atoms with van der Waals surface area (Å²) in [7, 11) is 0. The summed E-state index contributed by atoms with van der Waals surface area (Å²) in [6, 6.07) is 2.05. The molecule has 8 nitrogen and oxygen atoms in total. The van der Waals surface area contributed by atoms with Crippen LogP contribution in [-0.4, -0.2) is 65.8 Å². The molecule has 172 valence electrons. The van der Waals surface area contributed by atoms with Crippen LogP contribution in [0.15, 0.2) is 9.70 Å². The van der Waals surface area contributed by atoms with E-state index in [1.165, 1.54) is 11.8 Å². The van der Waals surface area contributed by atoms with Crippen LogP contribution in [0.4, 0.5) is 5.82 Å². The summed E-state index contributed by atoms with van der Waals surface area (Å²) in [5.41, 5.74) is 1.07. The predicted molar refractivity (Wildman–Crippen MR) is 130 cm³/mol. The van der Waals surface area contributed by atoms with Crippen LogP contribution in [-0.2, 0) is 20.8 Å². The lowest BCUT2D eigenvalue weighted by Gasteiger charge is -2.33. The molecule has 0 unspecified atom stereocenters. The fourth-order valence-electron chi connectivity index (χ4n) is 3.85. The molecule has 0 spiro atoms. The number of ether oxygens (including phenoxy) is 2. The molecule has 2 aliphatic rings. The Labute approximate surface area is 197 Å². The zero-order valence-electron chi connectivity index (χ0n) is 18.7. The maximum absolute atomic E-state index is 13.1. The highest BCUT2D eigenvalue weighted by Gasteiger charge is 2.33. The van der Waals surface area contributed by atoms with Gasteiger partial charge in [0.15, 0.2) is 0 Å². The largest absolute Gasteiger partial charge is 0.382 e. The van der Waals surface area contributed by atoms with Gasteiger partial charge in [-0.15, -0.1) is 0 Å². The Bertz CT molecular complexity index is 1020. The third kappa shape index (κ3) is 4.91. The molecule has 0 saturated carbocycles. The van der Waals surface area contributed by atoms with Gasteiger partial charge in [-0.3, -0.25) is 19.1 Å². The highest BCUT2D eigenvalue weighted by molar-refractivity contribution is 8.26. The van der Waals surface area contributed by atoms with E-state index in [4.69, 9.17) is 21.7 Å². The first-order valence-electron chi connectivity index (χ1n) is 10.8. The average Bonchev–Trinajstić information content (AvgIpc) is 3.06. The van der Waals surface area contributed by atoms with E-state index in [0.717, 1.165) is 5.82 Å². The standard InChI is InChI=1S/C22H28N4O4S2/c1-4-25-19(24-8-11-30-12-9-24)16(15(3)17(14-23)20(25)27)13-18-21(28)26(22(31)32-18)7-6-10-29-5-2/h13H,4-12H2,1-3H3/b18-13-. The van der Waals surface area contributed by atoms with Crippen molar-refractivity contribution >= 4 is 46.1 Å². The summed E-state index contributed by atoms with van der Waals surface area (Å²) in [4.78, 5) is 30.3. The van der Waals surface area contributed by atoms with Crippen LogP contribution in [0.5, 0.6) is 0 Å². The van der Waals surface area contributed by atoms with Crippen LogP contribution in [0.3, 0.4) is 0 Å². The second-order valence-electron chi connectivity index (χ2n) is 7.38. The minimum Gasteiger partial charge on any atom is -0.382 e. The zero-order chi connectivity index (χ0) is 23.3. The number of nitrogens with zero attached hydrogens (tertiary/aromatic N) is 4. The number of hydrogen-bond donors (Lipinski definition) is 0. The number of thiocarbonyl (C=S) groups is 1. The zero-order valence-corrected chi connectivity index (χ0v) is 20.3. The number of rotatable bonds is 8. The number of amides is 1. The molecule has 32 heavy (non-hydrogen) atoms. The van der Waals surface area contributed by atoms with Gasteiger partial charge in [0.05, 0.1) is 18.1 Å². The van der Waals surface area contributed by atoms with E-state index < -0.39 is 0 Å². The van der Waals surface area contributed by atoms with Crippen molar-refractivity contribution in [2.75, 3.05) is 51.0 Å². The van der Waals surface area contributed by atoms with E-state index in [9.17, 15) is 14.9 Å². The molecule has 3 heterocycles. The summed E-state index contributed by atoms with van der Waals surface area (Å²) >= 11 is 6.70. The van der Waals surface area contributed by atoms with Crippen molar-refractivity contribution in [3.63, 3.8) is 0 Å². The number of hydrogen-bond acceptors (Lipinski definition) is 8. The van der Waals surface area contributed by atoms with Gasteiger partial charge in [0.1, 0.15) is 21.8 Å². The van der Waals surface area contributed by atoms with Crippen molar-refractivity contribution in [1.29, 1.82) is 5.26 Å². The summed E-state index contributed by atoms with van der Waals surface area (Å²) in [5, 5.41) is 9.65. The lowest BCUT2D eigenvalue weighted by molar-refractivity contribution is -0.122.